The minimum Gasteiger partial charge on any atom is -0.352 e. The van der Waals surface area contributed by atoms with E-state index in [2.05, 4.69) is 5.32 Å². The Kier molecular flexibility index (Phi) is 3.81. The van der Waals surface area contributed by atoms with Crippen molar-refractivity contribution in [2.75, 3.05) is 20.1 Å². The smallest absolute Gasteiger partial charge is 0.251 e. The first kappa shape index (κ1) is 13.1. The SMILES string of the molecule is CN1CC(CNC(=O)c2cccc(C#N)c2)CC1=O. The third-order valence-corrected chi connectivity index (χ3v) is 3.23. The van der Waals surface area contributed by atoms with Gasteiger partial charge < -0.3 is 10.2 Å². The van der Waals surface area contributed by atoms with Crippen LogP contribution in [-0.2, 0) is 4.79 Å². The van der Waals surface area contributed by atoms with Crippen molar-refractivity contribution in [1.29, 1.82) is 5.26 Å². The number of nitrogens with one attached hydrogen (secondary N) is 1. The molecule has 1 aliphatic rings. The number of nitriles is 1. The largest absolute Gasteiger partial charge is 0.352 e. The highest BCUT2D eigenvalue weighted by atomic mass is 16.2. The number of hydrogen-bond donors (Lipinski definition) is 1. The van der Waals surface area contributed by atoms with Crippen molar-refractivity contribution in [2.24, 2.45) is 5.92 Å². The van der Waals surface area contributed by atoms with E-state index in [9.17, 15) is 9.59 Å². The molecule has 5 nitrogen and oxygen atoms in total. The van der Waals surface area contributed by atoms with Gasteiger partial charge in [0.05, 0.1) is 11.6 Å². The molecule has 1 unspecified atom stereocenters. The number of carbonyl (C=O) groups is 2. The highest BCUT2D eigenvalue weighted by Crippen LogP contribution is 2.15. The van der Waals surface area contributed by atoms with Crippen molar-refractivity contribution >= 4 is 11.8 Å². The lowest BCUT2D eigenvalue weighted by atomic mass is 10.1. The number of hydrogen-bond acceptors (Lipinski definition) is 3. The minimum absolute atomic E-state index is 0.116. The van der Waals surface area contributed by atoms with Gasteiger partial charge in [-0.25, -0.2) is 0 Å². The molecule has 1 heterocycles. The van der Waals surface area contributed by atoms with Crippen LogP contribution in [0.25, 0.3) is 0 Å². The monoisotopic (exact) mass is 257 g/mol. The van der Waals surface area contributed by atoms with Crippen LogP contribution >= 0.6 is 0 Å². The van der Waals surface area contributed by atoms with E-state index in [1.165, 1.54) is 0 Å². The van der Waals surface area contributed by atoms with Crippen LogP contribution in [0.15, 0.2) is 24.3 Å². The molecule has 2 rings (SSSR count). The second kappa shape index (κ2) is 5.53. The molecule has 98 valence electrons. The molecule has 2 amide bonds. The van der Waals surface area contributed by atoms with Gasteiger partial charge in [0, 0.05) is 38.0 Å². The molecule has 0 aliphatic carbocycles. The summed E-state index contributed by atoms with van der Waals surface area (Å²) >= 11 is 0. The lowest BCUT2D eigenvalue weighted by Gasteiger charge is -2.11. The van der Waals surface area contributed by atoms with Gasteiger partial charge in [-0.2, -0.15) is 5.26 Å². The zero-order valence-corrected chi connectivity index (χ0v) is 10.7. The van der Waals surface area contributed by atoms with Crippen LogP contribution in [0.1, 0.15) is 22.3 Å². The third kappa shape index (κ3) is 3.10. The van der Waals surface area contributed by atoms with Gasteiger partial charge in [0.2, 0.25) is 5.91 Å². The molecule has 0 aromatic heterocycles. The summed E-state index contributed by atoms with van der Waals surface area (Å²) in [6.45, 7) is 1.16. The number of benzene rings is 1. The molecular weight excluding hydrogens is 242 g/mol. The summed E-state index contributed by atoms with van der Waals surface area (Å²) in [6.07, 6.45) is 0.481. The molecule has 0 spiro atoms. The van der Waals surface area contributed by atoms with Crippen LogP contribution in [0, 0.1) is 17.2 Å². The Morgan fingerprint density at radius 2 is 2.37 bits per heavy atom. The Balaban J connectivity index is 1.91. The Morgan fingerprint density at radius 3 is 3.00 bits per heavy atom. The van der Waals surface area contributed by atoms with Gasteiger partial charge in [0.1, 0.15) is 0 Å². The fourth-order valence-electron chi connectivity index (χ4n) is 2.16. The van der Waals surface area contributed by atoms with Gasteiger partial charge in [-0.1, -0.05) is 6.07 Å². The highest BCUT2D eigenvalue weighted by Gasteiger charge is 2.26. The lowest BCUT2D eigenvalue weighted by Crippen LogP contribution is -2.30. The normalized spacial score (nSPS) is 18.2. The van der Waals surface area contributed by atoms with Gasteiger partial charge in [-0.3, -0.25) is 9.59 Å². The van der Waals surface area contributed by atoms with Gasteiger partial charge in [0.15, 0.2) is 0 Å². The van der Waals surface area contributed by atoms with Crippen molar-refractivity contribution in [3.8, 4) is 6.07 Å². The summed E-state index contributed by atoms with van der Waals surface area (Å²) < 4.78 is 0. The summed E-state index contributed by atoms with van der Waals surface area (Å²) in [5, 5.41) is 11.6. The van der Waals surface area contributed by atoms with Crippen molar-refractivity contribution in [2.45, 2.75) is 6.42 Å². The van der Waals surface area contributed by atoms with Gasteiger partial charge >= 0.3 is 0 Å². The van der Waals surface area contributed by atoms with Crippen molar-refractivity contribution in [3.63, 3.8) is 0 Å². The maximum absolute atomic E-state index is 11.9. The average molecular weight is 257 g/mol. The zero-order chi connectivity index (χ0) is 13.8. The topological polar surface area (TPSA) is 73.2 Å². The Labute approximate surface area is 111 Å². The molecule has 0 radical (unpaired) electrons. The summed E-state index contributed by atoms with van der Waals surface area (Å²) in [5.41, 5.74) is 0.931. The first-order valence-electron chi connectivity index (χ1n) is 6.12. The molecule has 0 saturated carbocycles. The van der Waals surface area contributed by atoms with Crippen LogP contribution in [0.4, 0.5) is 0 Å². The van der Waals surface area contributed by atoms with E-state index in [0.29, 0.717) is 30.6 Å². The summed E-state index contributed by atoms with van der Waals surface area (Å²) in [6, 6.07) is 8.56. The minimum atomic E-state index is -0.209. The summed E-state index contributed by atoms with van der Waals surface area (Å²) in [4.78, 5) is 24.9. The van der Waals surface area contributed by atoms with Crippen LogP contribution in [0.5, 0.6) is 0 Å². The van der Waals surface area contributed by atoms with Crippen molar-refractivity contribution in [1.82, 2.24) is 10.2 Å². The predicted octanol–water partition coefficient (Wildman–Crippen LogP) is 0.766. The van der Waals surface area contributed by atoms with Gasteiger partial charge in [-0.05, 0) is 18.2 Å². The van der Waals surface area contributed by atoms with E-state index in [4.69, 9.17) is 5.26 Å². The molecule has 1 aliphatic heterocycles. The molecule has 1 fully saturated rings. The third-order valence-electron chi connectivity index (χ3n) is 3.23. The quantitative estimate of drug-likeness (QED) is 0.869. The fraction of sp³-hybridized carbons (Fsp3) is 0.357. The van der Waals surface area contributed by atoms with Gasteiger partial charge in [0.25, 0.3) is 5.91 Å². The van der Waals surface area contributed by atoms with E-state index in [1.807, 2.05) is 6.07 Å². The van der Waals surface area contributed by atoms with Gasteiger partial charge in [-0.15, -0.1) is 0 Å². The maximum atomic E-state index is 11.9. The van der Waals surface area contributed by atoms with E-state index >= 15 is 0 Å². The lowest BCUT2D eigenvalue weighted by molar-refractivity contribution is -0.126. The Bertz CT molecular complexity index is 548. The molecule has 1 N–H and O–H groups in total. The molecule has 1 saturated heterocycles. The second-order valence-electron chi connectivity index (χ2n) is 4.75. The van der Waals surface area contributed by atoms with Crippen LogP contribution in [-0.4, -0.2) is 36.9 Å². The fourth-order valence-corrected chi connectivity index (χ4v) is 2.16. The standard InChI is InChI=1S/C14H15N3O2/c1-17-9-11(6-13(17)18)8-16-14(19)12-4-2-3-10(5-12)7-15/h2-5,11H,6,8-9H2,1H3,(H,16,19). The molecule has 0 bridgehead atoms. The molecule has 1 aromatic carbocycles. The number of likely N-dealkylation sites (tertiary alicyclic amines) is 1. The average Bonchev–Trinajstić information content (AvgIpc) is 2.75. The Morgan fingerprint density at radius 1 is 1.58 bits per heavy atom. The van der Waals surface area contributed by atoms with Crippen LogP contribution in [0.2, 0.25) is 0 Å². The van der Waals surface area contributed by atoms with E-state index in [1.54, 1.807) is 36.2 Å². The number of rotatable bonds is 3. The van der Waals surface area contributed by atoms with E-state index in [0.717, 1.165) is 0 Å². The first-order chi connectivity index (χ1) is 9.10. The number of carbonyl (C=O) groups excluding carboxylic acids is 2. The zero-order valence-electron chi connectivity index (χ0n) is 10.7. The van der Waals surface area contributed by atoms with Crippen molar-refractivity contribution < 1.29 is 9.59 Å². The number of amides is 2. The van der Waals surface area contributed by atoms with Crippen LogP contribution in [0.3, 0.4) is 0 Å². The second-order valence-corrected chi connectivity index (χ2v) is 4.75. The molecular formula is C14H15N3O2. The first-order valence-corrected chi connectivity index (χ1v) is 6.12. The number of nitrogens with zero attached hydrogens (tertiary/aromatic N) is 2. The van der Waals surface area contributed by atoms with E-state index in [-0.39, 0.29) is 17.7 Å². The summed E-state index contributed by atoms with van der Waals surface area (Å²) in [5.74, 6) is 0.0745. The highest BCUT2D eigenvalue weighted by molar-refractivity contribution is 5.94. The maximum Gasteiger partial charge on any atom is 0.251 e. The predicted molar refractivity (Wildman–Crippen MR) is 69.2 cm³/mol. The van der Waals surface area contributed by atoms with Crippen LogP contribution < -0.4 is 5.32 Å². The molecule has 19 heavy (non-hydrogen) atoms. The summed E-state index contributed by atoms with van der Waals surface area (Å²) in [7, 11) is 1.76. The molecule has 1 atom stereocenters. The van der Waals surface area contributed by atoms with Crippen molar-refractivity contribution in [3.05, 3.63) is 35.4 Å². The molecule has 1 aromatic rings. The Hall–Kier alpha value is -2.35. The molecule has 5 heteroatoms. The van der Waals surface area contributed by atoms with E-state index < -0.39 is 0 Å².